The lowest BCUT2D eigenvalue weighted by molar-refractivity contribution is 0.189. The first-order valence-corrected chi connectivity index (χ1v) is 5.65. The Morgan fingerprint density at radius 3 is 2.87 bits per heavy atom. The van der Waals surface area contributed by atoms with Crippen molar-refractivity contribution in [2.45, 2.75) is 25.4 Å². The molecule has 0 spiro atoms. The molecule has 2 heterocycles. The summed E-state index contributed by atoms with van der Waals surface area (Å²) < 4.78 is 1.87. The molecule has 1 saturated heterocycles. The van der Waals surface area contributed by atoms with E-state index in [1.54, 1.807) is 0 Å². The van der Waals surface area contributed by atoms with Crippen LogP contribution in [0.25, 0.3) is 0 Å². The van der Waals surface area contributed by atoms with Crippen molar-refractivity contribution in [2.75, 3.05) is 20.1 Å². The minimum atomic E-state index is 0.716. The number of aryl methyl sites for hydroxylation is 1. The van der Waals surface area contributed by atoms with E-state index in [4.69, 9.17) is 0 Å². The number of aromatic nitrogens is 2. The van der Waals surface area contributed by atoms with Gasteiger partial charge in [-0.05, 0) is 39.0 Å². The smallest absolute Gasteiger partial charge is 0.0764 e. The number of rotatable bonds is 3. The lowest BCUT2D eigenvalue weighted by atomic mass is 10.1. The number of piperidine rings is 1. The van der Waals surface area contributed by atoms with Gasteiger partial charge in [0.05, 0.1) is 5.69 Å². The normalized spacial score (nSPS) is 18.6. The second-order valence-electron chi connectivity index (χ2n) is 4.38. The van der Waals surface area contributed by atoms with Crippen LogP contribution < -0.4 is 5.32 Å². The molecule has 1 aromatic heterocycles. The van der Waals surface area contributed by atoms with E-state index in [9.17, 15) is 0 Å². The third-order valence-electron chi connectivity index (χ3n) is 3.11. The van der Waals surface area contributed by atoms with Crippen molar-refractivity contribution in [1.82, 2.24) is 20.0 Å². The topological polar surface area (TPSA) is 33.1 Å². The molecule has 0 atom stereocenters. The summed E-state index contributed by atoms with van der Waals surface area (Å²) in [4.78, 5) is 2.42. The molecule has 0 radical (unpaired) electrons. The largest absolute Gasteiger partial charge is 0.317 e. The first kappa shape index (κ1) is 10.6. The maximum Gasteiger partial charge on any atom is 0.0764 e. The molecular weight excluding hydrogens is 188 g/mol. The van der Waals surface area contributed by atoms with Crippen molar-refractivity contribution >= 4 is 0 Å². The highest BCUT2D eigenvalue weighted by Gasteiger charge is 2.18. The maximum absolute atomic E-state index is 4.40. The summed E-state index contributed by atoms with van der Waals surface area (Å²) in [6.45, 7) is 3.26. The second kappa shape index (κ2) is 4.77. The predicted molar refractivity (Wildman–Crippen MR) is 60.6 cm³/mol. The van der Waals surface area contributed by atoms with Gasteiger partial charge < -0.3 is 5.32 Å². The number of hydrogen-bond acceptors (Lipinski definition) is 3. The summed E-state index contributed by atoms with van der Waals surface area (Å²) in [5.74, 6) is 0. The lowest BCUT2D eigenvalue weighted by Gasteiger charge is -2.31. The van der Waals surface area contributed by atoms with E-state index in [1.165, 1.54) is 18.5 Å². The maximum atomic E-state index is 4.40. The van der Waals surface area contributed by atoms with Crippen LogP contribution >= 0.6 is 0 Å². The van der Waals surface area contributed by atoms with Crippen molar-refractivity contribution in [3.8, 4) is 0 Å². The SMILES string of the molecule is CN(Cc1ccn(C)n1)C1CCNCC1. The van der Waals surface area contributed by atoms with E-state index in [0.29, 0.717) is 6.04 Å². The zero-order chi connectivity index (χ0) is 10.7. The molecule has 0 saturated carbocycles. The quantitative estimate of drug-likeness (QED) is 0.790. The molecule has 1 aliphatic heterocycles. The van der Waals surface area contributed by atoms with E-state index in [0.717, 1.165) is 19.6 Å². The summed E-state index contributed by atoms with van der Waals surface area (Å²) >= 11 is 0. The van der Waals surface area contributed by atoms with Gasteiger partial charge in [0.1, 0.15) is 0 Å². The molecule has 4 nitrogen and oxygen atoms in total. The Bertz CT molecular complexity index is 301. The summed E-state index contributed by atoms with van der Waals surface area (Å²) in [5, 5.41) is 7.80. The molecule has 15 heavy (non-hydrogen) atoms. The van der Waals surface area contributed by atoms with Crippen LogP contribution in [-0.4, -0.2) is 40.9 Å². The van der Waals surface area contributed by atoms with Crippen molar-refractivity contribution in [2.24, 2.45) is 7.05 Å². The molecule has 1 aromatic rings. The Hall–Kier alpha value is -0.870. The summed E-state index contributed by atoms with van der Waals surface area (Å²) in [6, 6.07) is 2.81. The van der Waals surface area contributed by atoms with Crippen LogP contribution in [0.4, 0.5) is 0 Å². The molecule has 2 rings (SSSR count). The van der Waals surface area contributed by atoms with Gasteiger partial charge >= 0.3 is 0 Å². The molecule has 0 aromatic carbocycles. The molecule has 1 N–H and O–H groups in total. The average Bonchev–Trinajstić information content (AvgIpc) is 2.65. The molecule has 0 unspecified atom stereocenters. The van der Waals surface area contributed by atoms with E-state index in [1.807, 2.05) is 17.9 Å². The predicted octanol–water partition coefficient (Wildman–Crippen LogP) is 0.604. The highest BCUT2D eigenvalue weighted by Crippen LogP contribution is 2.12. The summed E-state index contributed by atoms with van der Waals surface area (Å²) in [5.41, 5.74) is 1.17. The van der Waals surface area contributed by atoms with E-state index < -0.39 is 0 Å². The minimum absolute atomic E-state index is 0.716. The van der Waals surface area contributed by atoms with Gasteiger partial charge in [-0.1, -0.05) is 0 Å². The van der Waals surface area contributed by atoms with Crippen molar-refractivity contribution in [3.63, 3.8) is 0 Å². The molecule has 1 aliphatic rings. The average molecular weight is 208 g/mol. The van der Waals surface area contributed by atoms with Gasteiger partial charge in [-0.15, -0.1) is 0 Å². The summed E-state index contributed by atoms with van der Waals surface area (Å²) in [6.07, 6.45) is 4.51. The third kappa shape index (κ3) is 2.79. The Labute approximate surface area is 91.3 Å². The number of hydrogen-bond donors (Lipinski definition) is 1. The molecule has 4 heteroatoms. The fourth-order valence-corrected chi connectivity index (χ4v) is 2.18. The van der Waals surface area contributed by atoms with Crippen molar-refractivity contribution in [3.05, 3.63) is 18.0 Å². The van der Waals surface area contributed by atoms with Crippen LogP contribution in [0.15, 0.2) is 12.3 Å². The van der Waals surface area contributed by atoms with Gasteiger partial charge in [-0.3, -0.25) is 9.58 Å². The van der Waals surface area contributed by atoms with Crippen LogP contribution in [0.5, 0.6) is 0 Å². The van der Waals surface area contributed by atoms with Gasteiger partial charge in [-0.25, -0.2) is 0 Å². The Morgan fingerprint density at radius 1 is 1.53 bits per heavy atom. The van der Waals surface area contributed by atoms with Gasteiger partial charge in [-0.2, -0.15) is 5.10 Å². The van der Waals surface area contributed by atoms with E-state index in [2.05, 4.69) is 28.4 Å². The molecule has 0 amide bonds. The number of nitrogens with one attached hydrogen (secondary N) is 1. The van der Waals surface area contributed by atoms with Crippen LogP contribution in [-0.2, 0) is 13.6 Å². The highest BCUT2D eigenvalue weighted by atomic mass is 15.3. The van der Waals surface area contributed by atoms with Crippen LogP contribution in [0.1, 0.15) is 18.5 Å². The molecule has 0 aliphatic carbocycles. The Morgan fingerprint density at radius 2 is 2.27 bits per heavy atom. The van der Waals surface area contributed by atoms with Gasteiger partial charge in [0.15, 0.2) is 0 Å². The molecular formula is C11H20N4. The van der Waals surface area contributed by atoms with Crippen LogP contribution in [0.2, 0.25) is 0 Å². The first-order chi connectivity index (χ1) is 7.25. The van der Waals surface area contributed by atoms with Gasteiger partial charge in [0, 0.05) is 25.8 Å². The van der Waals surface area contributed by atoms with Gasteiger partial charge in [0.25, 0.3) is 0 Å². The Balaban J connectivity index is 1.88. The molecule has 0 bridgehead atoms. The number of nitrogens with zero attached hydrogens (tertiary/aromatic N) is 3. The molecule has 84 valence electrons. The second-order valence-corrected chi connectivity index (χ2v) is 4.38. The fourth-order valence-electron chi connectivity index (χ4n) is 2.18. The Kier molecular flexibility index (Phi) is 3.38. The van der Waals surface area contributed by atoms with Crippen LogP contribution in [0, 0.1) is 0 Å². The van der Waals surface area contributed by atoms with Crippen molar-refractivity contribution < 1.29 is 0 Å². The fraction of sp³-hybridized carbons (Fsp3) is 0.727. The molecule has 1 fully saturated rings. The van der Waals surface area contributed by atoms with Crippen LogP contribution in [0.3, 0.4) is 0 Å². The summed E-state index contributed by atoms with van der Waals surface area (Å²) in [7, 11) is 4.17. The van der Waals surface area contributed by atoms with E-state index >= 15 is 0 Å². The van der Waals surface area contributed by atoms with E-state index in [-0.39, 0.29) is 0 Å². The first-order valence-electron chi connectivity index (χ1n) is 5.65. The lowest BCUT2D eigenvalue weighted by Crippen LogP contribution is -2.40. The van der Waals surface area contributed by atoms with Crippen molar-refractivity contribution in [1.29, 1.82) is 0 Å². The monoisotopic (exact) mass is 208 g/mol. The zero-order valence-electron chi connectivity index (χ0n) is 9.61. The standard InChI is InChI=1S/C11H20N4/c1-14(11-3-6-12-7-4-11)9-10-5-8-15(2)13-10/h5,8,11-12H,3-4,6-7,9H2,1-2H3. The minimum Gasteiger partial charge on any atom is -0.317 e. The zero-order valence-corrected chi connectivity index (χ0v) is 9.61. The third-order valence-corrected chi connectivity index (χ3v) is 3.11. The highest BCUT2D eigenvalue weighted by molar-refractivity contribution is 4.98. The van der Waals surface area contributed by atoms with Gasteiger partial charge in [0.2, 0.25) is 0 Å².